The number of hydrogen-bond donors (Lipinski definition) is 0. The molecule has 0 fully saturated rings. The summed E-state index contributed by atoms with van der Waals surface area (Å²) in [5, 5.41) is 9.96. The Labute approximate surface area is 301 Å². The topological polar surface area (TPSA) is 35.6 Å². The number of nitrogens with zero attached hydrogens (tertiary/aromatic N) is 4. The zero-order chi connectivity index (χ0) is 34.4. The number of benzene rings is 8. The van der Waals surface area contributed by atoms with E-state index in [9.17, 15) is 0 Å². The second-order valence-electron chi connectivity index (χ2n) is 13.1. The molecular formula is C48H32N4. The first-order valence-corrected chi connectivity index (χ1v) is 17.6. The van der Waals surface area contributed by atoms with Crippen LogP contribution in [0.1, 0.15) is 0 Å². The number of rotatable bonds is 6. The van der Waals surface area contributed by atoms with Crippen LogP contribution >= 0.6 is 0 Å². The van der Waals surface area contributed by atoms with Gasteiger partial charge >= 0.3 is 0 Å². The third kappa shape index (κ3) is 5.17. The minimum atomic E-state index is 0.699. The fraction of sp³-hybridized carbons (Fsp3) is 0. The van der Waals surface area contributed by atoms with E-state index in [0.717, 1.165) is 28.3 Å². The number of aromatic nitrogens is 4. The highest BCUT2D eigenvalue weighted by molar-refractivity contribution is 6.10. The van der Waals surface area contributed by atoms with Gasteiger partial charge in [0.2, 0.25) is 0 Å². The van der Waals surface area contributed by atoms with Crippen molar-refractivity contribution in [3.05, 3.63) is 194 Å². The number of para-hydroxylation sites is 1. The van der Waals surface area contributed by atoms with Crippen LogP contribution in [-0.4, -0.2) is 19.3 Å². The molecule has 4 heteroatoms. The summed E-state index contributed by atoms with van der Waals surface area (Å²) in [6.45, 7) is 0. The van der Waals surface area contributed by atoms with Crippen LogP contribution in [0.15, 0.2) is 194 Å². The van der Waals surface area contributed by atoms with Crippen LogP contribution in [0.2, 0.25) is 0 Å². The van der Waals surface area contributed by atoms with Crippen molar-refractivity contribution >= 4 is 32.6 Å². The smallest absolute Gasteiger partial charge is 0.182 e. The largest absolute Gasteiger partial charge is 0.309 e. The lowest BCUT2D eigenvalue weighted by atomic mass is 9.97. The van der Waals surface area contributed by atoms with Crippen LogP contribution in [0.4, 0.5) is 0 Å². The predicted octanol–water partition coefficient (Wildman–Crippen LogP) is 12.2. The van der Waals surface area contributed by atoms with Crippen LogP contribution in [0.5, 0.6) is 0 Å². The first-order chi connectivity index (χ1) is 25.8. The van der Waals surface area contributed by atoms with Gasteiger partial charge in [0.05, 0.1) is 16.7 Å². The summed E-state index contributed by atoms with van der Waals surface area (Å²) in [4.78, 5) is 4.99. The molecule has 0 radical (unpaired) electrons. The van der Waals surface area contributed by atoms with E-state index in [1.165, 1.54) is 54.8 Å². The molecule has 2 heterocycles. The highest BCUT2D eigenvalue weighted by atomic mass is 15.4. The normalized spacial score (nSPS) is 11.5. The average Bonchev–Trinajstić information content (AvgIpc) is 3.82. The Morgan fingerprint density at radius 3 is 1.65 bits per heavy atom. The first kappa shape index (κ1) is 29.8. The average molecular weight is 665 g/mol. The molecule has 0 atom stereocenters. The molecule has 0 N–H and O–H groups in total. The molecule has 0 saturated carbocycles. The Morgan fingerprint density at radius 2 is 0.904 bits per heavy atom. The molecule has 10 aromatic rings. The summed E-state index contributed by atoms with van der Waals surface area (Å²) < 4.78 is 4.31. The van der Waals surface area contributed by atoms with Gasteiger partial charge in [-0.2, -0.15) is 0 Å². The van der Waals surface area contributed by atoms with Gasteiger partial charge in [-0.3, -0.25) is 0 Å². The zero-order valence-corrected chi connectivity index (χ0v) is 28.3. The molecule has 0 aliphatic rings. The second kappa shape index (κ2) is 12.4. The van der Waals surface area contributed by atoms with E-state index < -0.39 is 0 Å². The summed E-state index contributed by atoms with van der Waals surface area (Å²) in [6.07, 6.45) is 0. The molecule has 2 aromatic heterocycles. The van der Waals surface area contributed by atoms with Crippen molar-refractivity contribution in [3.63, 3.8) is 0 Å². The predicted molar refractivity (Wildman–Crippen MR) is 215 cm³/mol. The molecule has 8 aromatic carbocycles. The zero-order valence-electron chi connectivity index (χ0n) is 28.3. The molecule has 0 aliphatic heterocycles. The van der Waals surface area contributed by atoms with Gasteiger partial charge < -0.3 is 4.57 Å². The van der Waals surface area contributed by atoms with E-state index in [2.05, 4.69) is 150 Å². The molecule has 0 spiro atoms. The third-order valence-corrected chi connectivity index (χ3v) is 10.00. The summed E-state index contributed by atoms with van der Waals surface area (Å²) in [6, 6.07) is 68.7. The van der Waals surface area contributed by atoms with Gasteiger partial charge in [0.1, 0.15) is 0 Å². The molecule has 0 aliphatic carbocycles. The SMILES string of the molecule is c1ccc(-c2nc(-c3ccccc3)n(-c3ccc(-n4c5ccccc5c5cc(-c6ccc(-c7ccc8ccccc8c7)cc6)ccc54)cc3)n2)cc1. The van der Waals surface area contributed by atoms with E-state index in [0.29, 0.717) is 5.82 Å². The van der Waals surface area contributed by atoms with Crippen molar-refractivity contribution < 1.29 is 0 Å². The van der Waals surface area contributed by atoms with Gasteiger partial charge in [0.25, 0.3) is 0 Å². The fourth-order valence-corrected chi connectivity index (χ4v) is 7.37. The molecule has 0 saturated heterocycles. The maximum absolute atomic E-state index is 4.99. The molecule has 244 valence electrons. The van der Waals surface area contributed by atoms with Crippen LogP contribution in [0.3, 0.4) is 0 Å². The van der Waals surface area contributed by atoms with Crippen molar-refractivity contribution in [2.24, 2.45) is 0 Å². The van der Waals surface area contributed by atoms with Crippen molar-refractivity contribution in [2.75, 3.05) is 0 Å². The Hall–Kier alpha value is -7.04. The summed E-state index contributed by atoms with van der Waals surface area (Å²) in [5.41, 5.74) is 11.2. The van der Waals surface area contributed by atoms with Gasteiger partial charge in [0.15, 0.2) is 11.6 Å². The first-order valence-electron chi connectivity index (χ1n) is 17.6. The van der Waals surface area contributed by atoms with Gasteiger partial charge in [-0.15, -0.1) is 5.10 Å². The van der Waals surface area contributed by atoms with Crippen LogP contribution < -0.4 is 0 Å². The van der Waals surface area contributed by atoms with Gasteiger partial charge in [-0.05, 0) is 81.6 Å². The Morgan fingerprint density at radius 1 is 0.346 bits per heavy atom. The standard InChI is InChI=1S/C48H32N4/c1-3-12-36(13-4-1)47-49-48(37-14-5-2-6-15-37)52(50-47)42-28-26-41(27-29-42)51-45-18-10-9-17-43(45)44-32-40(25-30-46(44)51)35-21-19-34(20-22-35)39-24-23-33-11-7-8-16-38(33)31-39/h1-32H. The summed E-state index contributed by atoms with van der Waals surface area (Å²) in [5.74, 6) is 1.51. The van der Waals surface area contributed by atoms with E-state index in [-0.39, 0.29) is 0 Å². The van der Waals surface area contributed by atoms with E-state index in [1.807, 2.05) is 53.2 Å². The molecule has 0 bridgehead atoms. The lowest BCUT2D eigenvalue weighted by Gasteiger charge is -2.11. The van der Waals surface area contributed by atoms with Gasteiger partial charge in [0, 0.05) is 27.6 Å². The van der Waals surface area contributed by atoms with Gasteiger partial charge in [-0.1, -0.05) is 146 Å². The molecule has 0 amide bonds. The minimum Gasteiger partial charge on any atom is -0.309 e. The van der Waals surface area contributed by atoms with Crippen LogP contribution in [0.25, 0.3) is 89.0 Å². The Balaban J connectivity index is 1.02. The second-order valence-corrected chi connectivity index (χ2v) is 13.1. The Kier molecular flexibility index (Phi) is 7.10. The molecule has 4 nitrogen and oxygen atoms in total. The molecule has 10 rings (SSSR count). The van der Waals surface area contributed by atoms with E-state index >= 15 is 0 Å². The van der Waals surface area contributed by atoms with Crippen LogP contribution in [0, 0.1) is 0 Å². The van der Waals surface area contributed by atoms with Crippen LogP contribution in [-0.2, 0) is 0 Å². The van der Waals surface area contributed by atoms with Gasteiger partial charge in [-0.25, -0.2) is 9.67 Å². The lowest BCUT2D eigenvalue weighted by molar-refractivity contribution is 0.889. The monoisotopic (exact) mass is 664 g/mol. The lowest BCUT2D eigenvalue weighted by Crippen LogP contribution is -2.01. The molecule has 0 unspecified atom stereocenters. The number of fused-ring (bicyclic) bond motifs is 4. The maximum Gasteiger partial charge on any atom is 0.182 e. The van der Waals surface area contributed by atoms with Crippen molar-refractivity contribution in [3.8, 4) is 56.4 Å². The third-order valence-electron chi connectivity index (χ3n) is 10.00. The molecular weight excluding hydrogens is 633 g/mol. The minimum absolute atomic E-state index is 0.699. The van der Waals surface area contributed by atoms with Crippen molar-refractivity contribution in [1.29, 1.82) is 0 Å². The number of hydrogen-bond acceptors (Lipinski definition) is 2. The Bertz CT molecular complexity index is 2870. The summed E-state index contributed by atoms with van der Waals surface area (Å²) in [7, 11) is 0. The highest BCUT2D eigenvalue weighted by Gasteiger charge is 2.17. The van der Waals surface area contributed by atoms with E-state index in [4.69, 9.17) is 10.1 Å². The maximum atomic E-state index is 4.99. The highest BCUT2D eigenvalue weighted by Crippen LogP contribution is 2.36. The molecule has 52 heavy (non-hydrogen) atoms. The quantitative estimate of drug-likeness (QED) is 0.177. The summed E-state index contributed by atoms with van der Waals surface area (Å²) >= 11 is 0. The fourth-order valence-electron chi connectivity index (χ4n) is 7.37. The van der Waals surface area contributed by atoms with Crippen molar-refractivity contribution in [1.82, 2.24) is 19.3 Å². The van der Waals surface area contributed by atoms with E-state index in [1.54, 1.807) is 0 Å². The van der Waals surface area contributed by atoms with Crippen molar-refractivity contribution in [2.45, 2.75) is 0 Å².